The number of halogens is 3. The van der Waals surface area contributed by atoms with E-state index in [1.54, 1.807) is 30.3 Å². The van der Waals surface area contributed by atoms with Gasteiger partial charge in [-0.05, 0) is 34.1 Å². The first kappa shape index (κ1) is 14.6. The molecular formula is C14H12BrF2NO2. The first-order valence-electron chi connectivity index (χ1n) is 5.81. The second-order valence-corrected chi connectivity index (χ2v) is 4.86. The van der Waals surface area contributed by atoms with Gasteiger partial charge in [-0.1, -0.05) is 18.2 Å². The van der Waals surface area contributed by atoms with Crippen molar-refractivity contribution in [3.8, 4) is 11.5 Å². The molecule has 2 aromatic rings. The molecule has 2 aromatic carbocycles. The van der Waals surface area contributed by atoms with Crippen molar-refractivity contribution in [1.82, 2.24) is 0 Å². The van der Waals surface area contributed by atoms with E-state index in [9.17, 15) is 13.9 Å². The summed E-state index contributed by atoms with van der Waals surface area (Å²) in [5.74, 6) is 0.239. The van der Waals surface area contributed by atoms with Gasteiger partial charge in [0.2, 0.25) is 0 Å². The van der Waals surface area contributed by atoms with Crippen molar-refractivity contribution >= 4 is 21.6 Å². The van der Waals surface area contributed by atoms with Gasteiger partial charge in [0.1, 0.15) is 11.5 Å². The Morgan fingerprint density at radius 3 is 2.70 bits per heavy atom. The van der Waals surface area contributed by atoms with Gasteiger partial charge in [0.05, 0.1) is 4.47 Å². The third kappa shape index (κ3) is 3.84. The predicted molar refractivity (Wildman–Crippen MR) is 76.2 cm³/mol. The van der Waals surface area contributed by atoms with Crippen molar-refractivity contribution in [1.29, 1.82) is 0 Å². The van der Waals surface area contributed by atoms with Crippen molar-refractivity contribution in [2.45, 2.75) is 13.2 Å². The molecule has 2 N–H and O–H groups in total. The van der Waals surface area contributed by atoms with Gasteiger partial charge < -0.3 is 15.2 Å². The molecule has 6 heteroatoms. The second kappa shape index (κ2) is 6.56. The van der Waals surface area contributed by atoms with Crippen LogP contribution in [-0.2, 0) is 6.54 Å². The monoisotopic (exact) mass is 343 g/mol. The minimum atomic E-state index is -2.85. The third-order valence-electron chi connectivity index (χ3n) is 2.61. The lowest BCUT2D eigenvalue weighted by Gasteiger charge is -2.10. The van der Waals surface area contributed by atoms with Gasteiger partial charge in [-0.3, -0.25) is 0 Å². The van der Waals surface area contributed by atoms with Crippen molar-refractivity contribution in [2.75, 3.05) is 5.32 Å². The summed E-state index contributed by atoms with van der Waals surface area (Å²) >= 11 is 3.23. The zero-order chi connectivity index (χ0) is 14.5. The first-order valence-corrected chi connectivity index (χ1v) is 6.60. The lowest BCUT2D eigenvalue weighted by molar-refractivity contribution is -0.0498. The van der Waals surface area contributed by atoms with Crippen LogP contribution in [0.2, 0.25) is 0 Å². The van der Waals surface area contributed by atoms with Crippen LogP contribution in [0.3, 0.4) is 0 Å². The summed E-state index contributed by atoms with van der Waals surface area (Å²) in [7, 11) is 0. The molecule has 0 amide bonds. The van der Waals surface area contributed by atoms with Crippen LogP contribution in [0.4, 0.5) is 14.5 Å². The van der Waals surface area contributed by atoms with Gasteiger partial charge in [0.15, 0.2) is 0 Å². The van der Waals surface area contributed by atoms with E-state index in [1.807, 2.05) is 0 Å². The number of para-hydroxylation sites is 1. The number of nitrogens with one attached hydrogen (secondary N) is 1. The van der Waals surface area contributed by atoms with Crippen LogP contribution in [0.25, 0.3) is 0 Å². The Kier molecular flexibility index (Phi) is 4.79. The number of benzene rings is 2. The maximum absolute atomic E-state index is 12.1. The molecule has 0 saturated heterocycles. The molecule has 0 bridgehead atoms. The fourth-order valence-corrected chi connectivity index (χ4v) is 2.09. The van der Waals surface area contributed by atoms with Crippen LogP contribution >= 0.6 is 15.9 Å². The molecule has 0 radical (unpaired) electrons. The number of aromatic hydroxyl groups is 1. The van der Waals surface area contributed by atoms with Gasteiger partial charge in [-0.25, -0.2) is 0 Å². The van der Waals surface area contributed by atoms with Gasteiger partial charge >= 0.3 is 6.61 Å². The van der Waals surface area contributed by atoms with Gasteiger partial charge in [0.25, 0.3) is 0 Å². The number of hydrogen-bond acceptors (Lipinski definition) is 3. The highest BCUT2D eigenvalue weighted by Crippen LogP contribution is 2.28. The number of anilines is 1. The number of phenolic OH excluding ortho intramolecular Hbond substituents is 1. The largest absolute Gasteiger partial charge is 0.506 e. The standard InChI is InChI=1S/C14H12BrF2NO2/c15-12-6-1-3-9(13(12)19)8-18-10-4-2-5-11(7-10)20-14(16)17/h1-7,14,18-19H,8H2. The quantitative estimate of drug-likeness (QED) is 0.846. The van der Waals surface area contributed by atoms with Crippen molar-refractivity contribution in [2.24, 2.45) is 0 Å². The van der Waals surface area contributed by atoms with E-state index < -0.39 is 6.61 Å². The Morgan fingerprint density at radius 1 is 1.20 bits per heavy atom. The smallest absolute Gasteiger partial charge is 0.387 e. The Balaban J connectivity index is 2.05. The average Bonchev–Trinajstić information content (AvgIpc) is 2.40. The highest BCUT2D eigenvalue weighted by atomic mass is 79.9. The summed E-state index contributed by atoms with van der Waals surface area (Å²) in [6, 6.07) is 11.6. The number of hydrogen-bond donors (Lipinski definition) is 2. The normalized spacial score (nSPS) is 10.6. The highest BCUT2D eigenvalue weighted by molar-refractivity contribution is 9.10. The van der Waals surface area contributed by atoms with E-state index >= 15 is 0 Å². The molecule has 3 nitrogen and oxygen atoms in total. The maximum atomic E-state index is 12.1. The Hall–Kier alpha value is -1.82. The molecule has 0 fully saturated rings. The predicted octanol–water partition coefficient (Wildman–Crippen LogP) is 4.37. The topological polar surface area (TPSA) is 41.5 Å². The zero-order valence-electron chi connectivity index (χ0n) is 10.3. The summed E-state index contributed by atoms with van der Waals surface area (Å²) < 4.78 is 29.2. The summed E-state index contributed by atoms with van der Waals surface area (Å²) in [6.07, 6.45) is 0. The van der Waals surface area contributed by atoms with Gasteiger partial charge in [-0.15, -0.1) is 0 Å². The Bertz CT molecular complexity index is 593. The average molecular weight is 344 g/mol. The second-order valence-electron chi connectivity index (χ2n) is 4.01. The van der Waals surface area contributed by atoms with E-state index in [4.69, 9.17) is 0 Å². The van der Waals surface area contributed by atoms with Crippen molar-refractivity contribution < 1.29 is 18.6 Å². The number of ether oxygens (including phenoxy) is 1. The van der Waals surface area contributed by atoms with E-state index in [-0.39, 0.29) is 11.5 Å². The molecule has 0 aliphatic carbocycles. The minimum Gasteiger partial charge on any atom is -0.506 e. The molecule has 0 aliphatic rings. The fraction of sp³-hybridized carbons (Fsp3) is 0.143. The SMILES string of the molecule is Oc1c(Br)cccc1CNc1cccc(OC(F)F)c1. The number of phenols is 1. The minimum absolute atomic E-state index is 0.0865. The van der Waals surface area contributed by atoms with Gasteiger partial charge in [-0.2, -0.15) is 8.78 Å². The Morgan fingerprint density at radius 2 is 1.95 bits per heavy atom. The van der Waals surface area contributed by atoms with Gasteiger partial charge in [0, 0.05) is 23.9 Å². The van der Waals surface area contributed by atoms with E-state index in [1.165, 1.54) is 12.1 Å². The van der Waals surface area contributed by atoms with Crippen LogP contribution in [-0.4, -0.2) is 11.7 Å². The first-order chi connectivity index (χ1) is 9.56. The lowest BCUT2D eigenvalue weighted by atomic mass is 10.2. The number of rotatable bonds is 5. The van der Waals surface area contributed by atoms with Crippen molar-refractivity contribution in [3.63, 3.8) is 0 Å². The van der Waals surface area contributed by atoms with Crippen LogP contribution in [0, 0.1) is 0 Å². The highest BCUT2D eigenvalue weighted by Gasteiger charge is 2.06. The lowest BCUT2D eigenvalue weighted by Crippen LogP contribution is -2.03. The molecule has 0 saturated carbocycles. The van der Waals surface area contributed by atoms with Crippen LogP contribution in [0.15, 0.2) is 46.9 Å². The molecule has 0 aromatic heterocycles. The fourth-order valence-electron chi connectivity index (χ4n) is 1.68. The van der Waals surface area contributed by atoms with E-state index in [2.05, 4.69) is 26.0 Å². The van der Waals surface area contributed by atoms with Crippen molar-refractivity contribution in [3.05, 3.63) is 52.5 Å². The molecule has 2 rings (SSSR count). The summed E-state index contributed by atoms with van der Waals surface area (Å²) in [5.41, 5.74) is 1.32. The molecular weight excluding hydrogens is 332 g/mol. The van der Waals surface area contributed by atoms with Crippen LogP contribution < -0.4 is 10.1 Å². The van der Waals surface area contributed by atoms with E-state index in [0.29, 0.717) is 22.3 Å². The maximum Gasteiger partial charge on any atom is 0.387 e. The molecule has 0 aliphatic heterocycles. The number of alkyl halides is 2. The molecule has 20 heavy (non-hydrogen) atoms. The zero-order valence-corrected chi connectivity index (χ0v) is 11.9. The molecule has 106 valence electrons. The van der Waals surface area contributed by atoms with E-state index in [0.717, 1.165) is 0 Å². The summed E-state index contributed by atoms with van der Waals surface area (Å²) in [6.45, 7) is -2.48. The summed E-state index contributed by atoms with van der Waals surface area (Å²) in [5, 5.41) is 12.9. The summed E-state index contributed by atoms with van der Waals surface area (Å²) in [4.78, 5) is 0. The van der Waals surface area contributed by atoms with Crippen LogP contribution in [0.5, 0.6) is 11.5 Å². The molecule has 0 unspecified atom stereocenters. The third-order valence-corrected chi connectivity index (χ3v) is 3.25. The van der Waals surface area contributed by atoms with Crippen LogP contribution in [0.1, 0.15) is 5.56 Å². The molecule has 0 spiro atoms. The molecule has 0 atom stereocenters. The Labute approximate surface area is 123 Å². The molecule has 0 heterocycles.